The highest BCUT2D eigenvalue weighted by Crippen LogP contribution is 2.33. The number of pyridine rings is 1. The smallest absolute Gasteiger partial charge is 0.416 e. The van der Waals surface area contributed by atoms with Gasteiger partial charge in [0.25, 0.3) is 0 Å². The molecule has 0 fully saturated rings. The first-order chi connectivity index (χ1) is 16.8. The molecule has 0 aliphatic rings. The van der Waals surface area contributed by atoms with Crippen LogP contribution in [0.4, 0.5) is 18.9 Å². The highest BCUT2D eigenvalue weighted by Gasteiger charge is 2.30. The number of ether oxygens (including phenoxy) is 2. The van der Waals surface area contributed by atoms with Gasteiger partial charge in [-0.2, -0.15) is 13.2 Å². The van der Waals surface area contributed by atoms with Crippen LogP contribution >= 0.6 is 11.3 Å². The molecule has 0 radical (unpaired) electrons. The average Bonchev–Trinajstić information content (AvgIpc) is 3.31. The fourth-order valence-corrected chi connectivity index (χ4v) is 4.03. The number of methoxy groups -OCH3 is 1. The molecule has 0 aliphatic heterocycles. The third-order valence-corrected chi connectivity index (χ3v) is 5.88. The molecule has 0 atom stereocenters. The molecule has 6 nitrogen and oxygen atoms in total. The molecule has 0 spiro atoms. The monoisotopic (exact) mass is 499 g/mol. The number of nitrogens with zero attached hydrogens (tertiary/aromatic N) is 2. The number of hydrogen-bond donors (Lipinski definition) is 1. The Kier molecular flexibility index (Phi) is 7.31. The molecule has 35 heavy (non-hydrogen) atoms. The third kappa shape index (κ3) is 6.36. The maximum Gasteiger partial charge on any atom is 0.416 e. The maximum absolute atomic E-state index is 12.8. The summed E-state index contributed by atoms with van der Waals surface area (Å²) in [6.45, 7) is 0.307. The second-order valence-corrected chi connectivity index (χ2v) is 8.31. The molecule has 1 amide bonds. The summed E-state index contributed by atoms with van der Waals surface area (Å²) in [5.74, 6) is 0.706. The van der Waals surface area contributed by atoms with E-state index < -0.39 is 11.7 Å². The summed E-state index contributed by atoms with van der Waals surface area (Å²) < 4.78 is 49.5. The van der Waals surface area contributed by atoms with Crippen molar-refractivity contribution < 1.29 is 27.4 Å². The van der Waals surface area contributed by atoms with Gasteiger partial charge in [-0.05, 0) is 42.0 Å². The lowest BCUT2D eigenvalue weighted by Crippen LogP contribution is -2.14. The summed E-state index contributed by atoms with van der Waals surface area (Å²) in [6, 6.07) is 13.5. The highest BCUT2D eigenvalue weighted by molar-refractivity contribution is 7.13. The molecule has 0 saturated heterocycles. The number of carbonyl (C=O) groups excluding carboxylic acids is 1. The zero-order valence-corrected chi connectivity index (χ0v) is 19.3. The first-order valence-corrected chi connectivity index (χ1v) is 11.3. The summed E-state index contributed by atoms with van der Waals surface area (Å²) in [7, 11) is 1.53. The van der Waals surface area contributed by atoms with Crippen molar-refractivity contribution in [1.29, 1.82) is 0 Å². The number of halogens is 3. The lowest BCUT2D eigenvalue weighted by molar-refractivity contribution is -0.137. The molecule has 0 aliphatic carbocycles. The first-order valence-electron chi connectivity index (χ1n) is 10.4. The molecule has 180 valence electrons. The van der Waals surface area contributed by atoms with E-state index in [4.69, 9.17) is 9.47 Å². The van der Waals surface area contributed by atoms with Gasteiger partial charge >= 0.3 is 6.18 Å². The Labute approximate surface area is 203 Å². The Morgan fingerprint density at radius 2 is 1.77 bits per heavy atom. The van der Waals surface area contributed by atoms with Crippen LogP contribution in [0, 0.1) is 0 Å². The number of thiazole rings is 1. The molecule has 1 N–H and O–H groups in total. The number of nitrogens with one attached hydrogen (secondary N) is 1. The molecule has 0 saturated carbocycles. The Hall–Kier alpha value is -3.92. The minimum Gasteiger partial charge on any atom is -0.493 e. The standard InChI is InChI=1S/C25H20F3N3O3S/c1-33-21-7-6-19(12-22(21)34-14-16-8-10-29-11-9-16)30-23(32)13-20-15-35-24(31-20)17-2-4-18(5-3-17)25(26,27)28/h2-12,15H,13-14H2,1H3,(H,30,32). The van der Waals surface area contributed by atoms with Crippen molar-refractivity contribution in [2.24, 2.45) is 0 Å². The van der Waals surface area contributed by atoms with Crippen LogP contribution in [0.2, 0.25) is 0 Å². The van der Waals surface area contributed by atoms with E-state index in [9.17, 15) is 18.0 Å². The van der Waals surface area contributed by atoms with Gasteiger partial charge in [0, 0.05) is 35.1 Å². The fraction of sp³-hybridized carbons (Fsp3) is 0.160. The van der Waals surface area contributed by atoms with Crippen molar-refractivity contribution >= 4 is 22.9 Å². The summed E-state index contributed by atoms with van der Waals surface area (Å²) in [5.41, 5.74) is 1.81. The van der Waals surface area contributed by atoms with Crippen LogP contribution in [0.1, 0.15) is 16.8 Å². The molecule has 4 aromatic rings. The van der Waals surface area contributed by atoms with Crippen LogP contribution in [0.3, 0.4) is 0 Å². The van der Waals surface area contributed by atoms with E-state index in [2.05, 4.69) is 15.3 Å². The van der Waals surface area contributed by atoms with Crippen LogP contribution in [-0.2, 0) is 24.0 Å². The zero-order valence-electron chi connectivity index (χ0n) is 18.5. The third-order valence-electron chi connectivity index (χ3n) is 4.94. The Morgan fingerprint density at radius 3 is 2.46 bits per heavy atom. The second kappa shape index (κ2) is 10.6. The summed E-state index contributed by atoms with van der Waals surface area (Å²) >= 11 is 1.26. The van der Waals surface area contributed by atoms with Crippen molar-refractivity contribution in [1.82, 2.24) is 9.97 Å². The highest BCUT2D eigenvalue weighted by atomic mass is 32.1. The van der Waals surface area contributed by atoms with Crippen LogP contribution in [0.25, 0.3) is 10.6 Å². The van der Waals surface area contributed by atoms with E-state index in [-0.39, 0.29) is 12.3 Å². The van der Waals surface area contributed by atoms with Crippen molar-refractivity contribution in [3.8, 4) is 22.1 Å². The molecule has 4 rings (SSSR count). The number of carbonyl (C=O) groups is 1. The number of amides is 1. The molecule has 0 bridgehead atoms. The van der Waals surface area contributed by atoms with E-state index in [0.717, 1.165) is 17.7 Å². The zero-order chi connectivity index (χ0) is 24.8. The second-order valence-electron chi connectivity index (χ2n) is 7.45. The normalized spacial score (nSPS) is 11.2. The lowest BCUT2D eigenvalue weighted by Gasteiger charge is -2.13. The minimum absolute atomic E-state index is 0.0103. The van der Waals surface area contributed by atoms with Gasteiger partial charge in [0.1, 0.15) is 11.6 Å². The van der Waals surface area contributed by atoms with Gasteiger partial charge in [-0.1, -0.05) is 12.1 Å². The van der Waals surface area contributed by atoms with E-state index in [1.54, 1.807) is 36.0 Å². The first kappa shape index (κ1) is 24.2. The van der Waals surface area contributed by atoms with Crippen molar-refractivity contribution in [3.05, 3.63) is 89.2 Å². The van der Waals surface area contributed by atoms with Crippen molar-refractivity contribution in [2.75, 3.05) is 12.4 Å². The average molecular weight is 500 g/mol. The van der Waals surface area contributed by atoms with Gasteiger partial charge in [0.15, 0.2) is 11.5 Å². The quantitative estimate of drug-likeness (QED) is 0.322. The molecule has 10 heteroatoms. The Morgan fingerprint density at radius 1 is 1.03 bits per heavy atom. The van der Waals surface area contributed by atoms with Crippen molar-refractivity contribution in [3.63, 3.8) is 0 Å². The molecule has 2 aromatic carbocycles. The number of aromatic nitrogens is 2. The Bertz CT molecular complexity index is 1290. The number of anilines is 1. The van der Waals surface area contributed by atoms with Crippen LogP contribution in [-0.4, -0.2) is 23.0 Å². The van der Waals surface area contributed by atoms with Gasteiger partial charge in [-0.3, -0.25) is 9.78 Å². The fourth-order valence-electron chi connectivity index (χ4n) is 3.20. The summed E-state index contributed by atoms with van der Waals surface area (Å²) in [6.07, 6.45) is -1.03. The van der Waals surface area contributed by atoms with Gasteiger partial charge in [-0.15, -0.1) is 11.3 Å². The summed E-state index contributed by atoms with van der Waals surface area (Å²) in [5, 5.41) is 5.06. The molecule has 2 aromatic heterocycles. The maximum atomic E-state index is 12.8. The molecular formula is C25H20F3N3O3S. The van der Waals surface area contributed by atoms with Crippen molar-refractivity contribution in [2.45, 2.75) is 19.2 Å². The van der Waals surface area contributed by atoms with Gasteiger partial charge in [0.05, 0.1) is 24.8 Å². The van der Waals surface area contributed by atoms with Gasteiger partial charge in [-0.25, -0.2) is 4.98 Å². The largest absolute Gasteiger partial charge is 0.493 e. The van der Waals surface area contributed by atoms with E-state index in [1.807, 2.05) is 12.1 Å². The number of alkyl halides is 3. The SMILES string of the molecule is COc1ccc(NC(=O)Cc2csc(-c3ccc(C(F)(F)F)cc3)n2)cc1OCc1ccncc1. The number of benzene rings is 2. The molecular weight excluding hydrogens is 479 g/mol. The van der Waals surface area contributed by atoms with Crippen LogP contribution in [0.15, 0.2) is 72.4 Å². The van der Waals surface area contributed by atoms with Crippen LogP contribution < -0.4 is 14.8 Å². The van der Waals surface area contributed by atoms with Gasteiger partial charge in [0.2, 0.25) is 5.91 Å². The lowest BCUT2D eigenvalue weighted by atomic mass is 10.1. The molecule has 2 heterocycles. The van der Waals surface area contributed by atoms with Gasteiger partial charge < -0.3 is 14.8 Å². The Balaban J connectivity index is 1.39. The minimum atomic E-state index is -4.39. The predicted octanol–water partition coefficient (Wildman–Crippen LogP) is 5.99. The topological polar surface area (TPSA) is 73.3 Å². The number of rotatable bonds is 8. The number of hydrogen-bond acceptors (Lipinski definition) is 6. The molecule has 0 unspecified atom stereocenters. The predicted molar refractivity (Wildman–Crippen MR) is 126 cm³/mol. The van der Waals surface area contributed by atoms with Crippen LogP contribution in [0.5, 0.6) is 11.5 Å². The van der Waals surface area contributed by atoms with E-state index >= 15 is 0 Å². The summed E-state index contributed by atoms with van der Waals surface area (Å²) in [4.78, 5) is 20.9. The van der Waals surface area contributed by atoms with E-state index in [1.165, 1.54) is 30.6 Å². The van der Waals surface area contributed by atoms with E-state index in [0.29, 0.717) is 40.1 Å².